The van der Waals surface area contributed by atoms with Crippen LogP contribution in [0.15, 0.2) is 30.3 Å². The predicted molar refractivity (Wildman–Crippen MR) is 85.8 cm³/mol. The Hall–Kier alpha value is -0.760. The van der Waals surface area contributed by atoms with Crippen LogP contribution >= 0.6 is 12.6 Å². The lowest BCUT2D eigenvalue weighted by Gasteiger charge is -2.26. The van der Waals surface area contributed by atoms with E-state index in [-0.39, 0.29) is 5.12 Å². The lowest BCUT2D eigenvalue weighted by atomic mass is 9.79. The fraction of sp³-hybridized carbons (Fsp3) is 0.588. The Balaban J connectivity index is 2.52. The van der Waals surface area contributed by atoms with Crippen molar-refractivity contribution in [2.24, 2.45) is 0 Å². The van der Waals surface area contributed by atoms with Crippen molar-refractivity contribution in [1.29, 1.82) is 0 Å². The summed E-state index contributed by atoms with van der Waals surface area (Å²) in [5.74, 6) is 0. The molecule has 1 atom stereocenters. The van der Waals surface area contributed by atoms with Gasteiger partial charge in [0.2, 0.25) is 0 Å². The molecule has 0 radical (unpaired) electrons. The molecule has 1 aromatic carbocycles. The third-order valence-corrected chi connectivity index (χ3v) is 4.41. The van der Waals surface area contributed by atoms with Crippen LogP contribution in [-0.2, 0) is 10.2 Å². The van der Waals surface area contributed by atoms with Gasteiger partial charge in [-0.1, -0.05) is 75.8 Å². The molecule has 1 aromatic rings. The molecular weight excluding hydrogens is 252 g/mol. The molecule has 0 bridgehead atoms. The number of thiol groups is 1. The molecule has 1 nitrogen and oxygen atoms in total. The highest BCUT2D eigenvalue weighted by molar-refractivity contribution is 7.96. The zero-order valence-corrected chi connectivity index (χ0v) is 13.1. The summed E-state index contributed by atoms with van der Waals surface area (Å²) in [4.78, 5) is 11.9. The van der Waals surface area contributed by atoms with Crippen molar-refractivity contribution in [2.45, 2.75) is 64.2 Å². The minimum Gasteiger partial charge on any atom is -0.286 e. The number of carbonyl (C=O) groups is 1. The molecule has 2 heteroatoms. The Labute approximate surface area is 123 Å². The largest absolute Gasteiger partial charge is 0.286 e. The lowest BCUT2D eigenvalue weighted by molar-refractivity contribution is -0.115. The van der Waals surface area contributed by atoms with Gasteiger partial charge in [0.25, 0.3) is 0 Å². The molecule has 0 heterocycles. The molecule has 0 fully saturated rings. The van der Waals surface area contributed by atoms with E-state index in [0.717, 1.165) is 18.4 Å². The minimum atomic E-state index is -0.435. The van der Waals surface area contributed by atoms with Crippen LogP contribution in [0.25, 0.3) is 0 Å². The average Bonchev–Trinajstić information content (AvgIpc) is 2.43. The quantitative estimate of drug-likeness (QED) is 0.488. The van der Waals surface area contributed by atoms with Crippen molar-refractivity contribution in [1.82, 2.24) is 0 Å². The van der Waals surface area contributed by atoms with Crippen molar-refractivity contribution in [3.05, 3.63) is 35.9 Å². The molecule has 0 aliphatic heterocycles. The summed E-state index contributed by atoms with van der Waals surface area (Å²) in [5.41, 5.74) is 0.651. The maximum absolute atomic E-state index is 11.9. The fourth-order valence-electron chi connectivity index (χ4n) is 2.44. The number of carbonyl (C=O) groups excluding carboxylic acids is 1. The van der Waals surface area contributed by atoms with Gasteiger partial charge >= 0.3 is 0 Å². The van der Waals surface area contributed by atoms with Gasteiger partial charge < -0.3 is 0 Å². The van der Waals surface area contributed by atoms with Crippen molar-refractivity contribution in [2.75, 3.05) is 0 Å². The molecular formula is C17H26OS. The molecule has 0 saturated heterocycles. The van der Waals surface area contributed by atoms with Gasteiger partial charge in [0.05, 0.1) is 5.41 Å². The molecule has 19 heavy (non-hydrogen) atoms. The minimum absolute atomic E-state index is 0.0211. The zero-order chi connectivity index (χ0) is 14.1. The van der Waals surface area contributed by atoms with Crippen molar-refractivity contribution >= 4 is 17.7 Å². The molecule has 106 valence electrons. The second-order valence-electron chi connectivity index (χ2n) is 5.52. The maximum Gasteiger partial charge on any atom is 0.196 e. The third kappa shape index (κ3) is 5.02. The van der Waals surface area contributed by atoms with Crippen LogP contribution in [0.5, 0.6) is 0 Å². The molecule has 0 aromatic heterocycles. The Morgan fingerprint density at radius 1 is 1.05 bits per heavy atom. The molecule has 0 saturated carbocycles. The van der Waals surface area contributed by atoms with Gasteiger partial charge in [-0.05, 0) is 18.9 Å². The van der Waals surface area contributed by atoms with E-state index >= 15 is 0 Å². The summed E-state index contributed by atoms with van der Waals surface area (Å²) in [6.45, 7) is 4.25. The maximum atomic E-state index is 11.9. The van der Waals surface area contributed by atoms with E-state index in [1.165, 1.54) is 32.1 Å². The zero-order valence-electron chi connectivity index (χ0n) is 12.2. The number of benzene rings is 1. The first-order chi connectivity index (χ1) is 9.11. The summed E-state index contributed by atoms with van der Waals surface area (Å²) >= 11 is 4.11. The van der Waals surface area contributed by atoms with E-state index in [4.69, 9.17) is 0 Å². The van der Waals surface area contributed by atoms with Gasteiger partial charge in [-0.2, -0.15) is 0 Å². The molecule has 0 aliphatic rings. The highest BCUT2D eigenvalue weighted by atomic mass is 32.1. The Morgan fingerprint density at radius 3 is 2.21 bits per heavy atom. The summed E-state index contributed by atoms with van der Waals surface area (Å²) in [6, 6.07) is 10.0. The SMILES string of the molecule is CCCCCCCC[C@](C)(C(=O)S)c1ccccc1. The molecule has 0 aliphatic carbocycles. The monoisotopic (exact) mass is 278 g/mol. The van der Waals surface area contributed by atoms with E-state index in [1.54, 1.807) is 0 Å². The average molecular weight is 278 g/mol. The molecule has 1 rings (SSSR count). The highest BCUT2D eigenvalue weighted by Gasteiger charge is 2.31. The first-order valence-electron chi connectivity index (χ1n) is 7.40. The molecule has 0 unspecified atom stereocenters. The van der Waals surface area contributed by atoms with Crippen LogP contribution in [0.4, 0.5) is 0 Å². The standard InChI is InChI=1S/C17H26OS/c1-3-4-5-6-7-11-14-17(2,16(18)19)15-12-9-8-10-13-15/h8-10,12-13H,3-7,11,14H2,1-2H3,(H,18,19)/t17-/m0/s1. The van der Waals surface area contributed by atoms with Crippen LogP contribution in [0.1, 0.15) is 64.4 Å². The Bertz CT molecular complexity index is 374. The first-order valence-corrected chi connectivity index (χ1v) is 7.85. The van der Waals surface area contributed by atoms with E-state index in [0.29, 0.717) is 0 Å². The van der Waals surface area contributed by atoms with Gasteiger partial charge in [0.15, 0.2) is 5.12 Å². The van der Waals surface area contributed by atoms with Crippen LogP contribution < -0.4 is 0 Å². The highest BCUT2D eigenvalue weighted by Crippen LogP contribution is 2.32. The van der Waals surface area contributed by atoms with Crippen LogP contribution in [0.2, 0.25) is 0 Å². The fourth-order valence-corrected chi connectivity index (χ4v) is 2.68. The van der Waals surface area contributed by atoms with Gasteiger partial charge in [-0.25, -0.2) is 0 Å². The van der Waals surface area contributed by atoms with E-state index < -0.39 is 5.41 Å². The summed E-state index contributed by atoms with van der Waals surface area (Å²) in [6.07, 6.45) is 8.39. The summed E-state index contributed by atoms with van der Waals surface area (Å²) in [5, 5.41) is -0.0211. The Kier molecular flexibility index (Phi) is 7.22. The summed E-state index contributed by atoms with van der Waals surface area (Å²) < 4.78 is 0. The van der Waals surface area contributed by atoms with Crippen LogP contribution in [-0.4, -0.2) is 5.12 Å². The summed E-state index contributed by atoms with van der Waals surface area (Å²) in [7, 11) is 0. The van der Waals surface area contributed by atoms with Crippen LogP contribution in [0.3, 0.4) is 0 Å². The van der Waals surface area contributed by atoms with Crippen molar-refractivity contribution in [3.63, 3.8) is 0 Å². The van der Waals surface area contributed by atoms with Gasteiger partial charge in [0.1, 0.15) is 0 Å². The number of unbranched alkanes of at least 4 members (excludes halogenated alkanes) is 5. The lowest BCUT2D eigenvalue weighted by Crippen LogP contribution is -2.29. The predicted octanol–water partition coefficient (Wildman–Crippen LogP) is 5.15. The van der Waals surface area contributed by atoms with Crippen LogP contribution in [0, 0.1) is 0 Å². The smallest absolute Gasteiger partial charge is 0.196 e. The Morgan fingerprint density at radius 2 is 1.63 bits per heavy atom. The third-order valence-electron chi connectivity index (χ3n) is 3.91. The second-order valence-corrected chi connectivity index (χ2v) is 5.93. The number of hydrogen-bond donors (Lipinski definition) is 1. The molecule has 0 N–H and O–H groups in total. The van der Waals surface area contributed by atoms with Crippen molar-refractivity contribution < 1.29 is 4.79 Å². The van der Waals surface area contributed by atoms with Gasteiger partial charge in [-0.15, -0.1) is 12.6 Å². The van der Waals surface area contributed by atoms with E-state index in [1.807, 2.05) is 37.3 Å². The molecule has 0 spiro atoms. The van der Waals surface area contributed by atoms with Gasteiger partial charge in [0, 0.05) is 0 Å². The number of hydrogen-bond acceptors (Lipinski definition) is 1. The normalized spacial score (nSPS) is 14.1. The molecule has 0 amide bonds. The van der Waals surface area contributed by atoms with Crippen molar-refractivity contribution in [3.8, 4) is 0 Å². The van der Waals surface area contributed by atoms with E-state index in [2.05, 4.69) is 19.6 Å². The van der Waals surface area contributed by atoms with Gasteiger partial charge in [-0.3, -0.25) is 4.79 Å². The topological polar surface area (TPSA) is 17.1 Å². The van der Waals surface area contributed by atoms with E-state index in [9.17, 15) is 4.79 Å². The second kappa shape index (κ2) is 8.42. The first kappa shape index (κ1) is 16.3. The number of rotatable bonds is 9.